The molecular formula is C15H30N2. The first-order chi connectivity index (χ1) is 8.15. The fraction of sp³-hybridized carbons (Fsp3) is 1.00. The van der Waals surface area contributed by atoms with Crippen molar-refractivity contribution in [2.45, 2.75) is 65.0 Å². The zero-order valence-corrected chi connectivity index (χ0v) is 11.9. The molecule has 0 aromatic heterocycles. The Morgan fingerprint density at radius 3 is 2.82 bits per heavy atom. The molecule has 100 valence electrons. The van der Waals surface area contributed by atoms with Gasteiger partial charge in [0.15, 0.2) is 0 Å². The molecule has 2 aliphatic rings. The van der Waals surface area contributed by atoms with Gasteiger partial charge in [0.1, 0.15) is 0 Å². The van der Waals surface area contributed by atoms with Gasteiger partial charge in [0.05, 0.1) is 0 Å². The summed E-state index contributed by atoms with van der Waals surface area (Å²) >= 11 is 0. The molecule has 0 radical (unpaired) electrons. The van der Waals surface area contributed by atoms with E-state index in [4.69, 9.17) is 0 Å². The van der Waals surface area contributed by atoms with Crippen LogP contribution in [0.3, 0.4) is 0 Å². The number of nitrogens with zero attached hydrogens (tertiary/aromatic N) is 1. The van der Waals surface area contributed by atoms with Crippen molar-refractivity contribution in [1.82, 2.24) is 10.2 Å². The fourth-order valence-electron chi connectivity index (χ4n) is 3.64. The van der Waals surface area contributed by atoms with E-state index in [0.717, 1.165) is 23.9 Å². The predicted octanol–water partition coefficient (Wildman–Crippen LogP) is 2.89. The summed E-state index contributed by atoms with van der Waals surface area (Å²) in [7, 11) is 0. The molecule has 0 amide bonds. The SMILES string of the molecule is CC(C)CC1CN(C2CCCC(C)C2)CCN1. The van der Waals surface area contributed by atoms with Crippen LogP contribution in [-0.4, -0.2) is 36.6 Å². The van der Waals surface area contributed by atoms with Crippen molar-refractivity contribution in [2.75, 3.05) is 19.6 Å². The molecule has 0 aromatic carbocycles. The third-order valence-electron chi connectivity index (χ3n) is 4.47. The van der Waals surface area contributed by atoms with Gasteiger partial charge in [-0.05, 0) is 31.1 Å². The van der Waals surface area contributed by atoms with Crippen LogP contribution in [0.25, 0.3) is 0 Å². The van der Waals surface area contributed by atoms with E-state index in [1.165, 1.54) is 51.7 Å². The summed E-state index contributed by atoms with van der Waals surface area (Å²) in [4.78, 5) is 2.78. The standard InChI is InChI=1S/C15H30N2/c1-12(2)9-14-11-17(8-7-16-14)15-6-4-5-13(3)10-15/h12-16H,4-11H2,1-3H3. The van der Waals surface area contributed by atoms with Gasteiger partial charge in [0.25, 0.3) is 0 Å². The van der Waals surface area contributed by atoms with E-state index in [2.05, 4.69) is 31.0 Å². The van der Waals surface area contributed by atoms with Crippen LogP contribution < -0.4 is 5.32 Å². The van der Waals surface area contributed by atoms with E-state index in [9.17, 15) is 0 Å². The number of nitrogens with one attached hydrogen (secondary N) is 1. The Labute approximate surface area is 107 Å². The van der Waals surface area contributed by atoms with Gasteiger partial charge in [-0.2, -0.15) is 0 Å². The molecule has 2 rings (SSSR count). The van der Waals surface area contributed by atoms with Crippen molar-refractivity contribution in [3.8, 4) is 0 Å². The van der Waals surface area contributed by atoms with Crippen LogP contribution in [0.4, 0.5) is 0 Å². The first kappa shape index (κ1) is 13.4. The van der Waals surface area contributed by atoms with E-state index in [1.54, 1.807) is 0 Å². The highest BCUT2D eigenvalue weighted by atomic mass is 15.2. The Morgan fingerprint density at radius 1 is 1.29 bits per heavy atom. The van der Waals surface area contributed by atoms with Crippen molar-refractivity contribution >= 4 is 0 Å². The number of hydrogen-bond acceptors (Lipinski definition) is 2. The molecule has 1 N–H and O–H groups in total. The van der Waals surface area contributed by atoms with Crippen molar-refractivity contribution in [3.05, 3.63) is 0 Å². The second-order valence-electron chi connectivity index (χ2n) is 6.70. The quantitative estimate of drug-likeness (QED) is 0.813. The summed E-state index contributed by atoms with van der Waals surface area (Å²) in [5, 5.41) is 3.69. The summed E-state index contributed by atoms with van der Waals surface area (Å²) < 4.78 is 0. The Hall–Kier alpha value is -0.0800. The van der Waals surface area contributed by atoms with Gasteiger partial charge in [0.2, 0.25) is 0 Å². The van der Waals surface area contributed by atoms with Gasteiger partial charge in [-0.15, -0.1) is 0 Å². The molecule has 0 spiro atoms. The molecular weight excluding hydrogens is 208 g/mol. The molecule has 0 aromatic rings. The van der Waals surface area contributed by atoms with Crippen LogP contribution in [0.1, 0.15) is 52.9 Å². The van der Waals surface area contributed by atoms with Crippen LogP contribution in [0.15, 0.2) is 0 Å². The maximum absolute atomic E-state index is 3.69. The van der Waals surface area contributed by atoms with Crippen LogP contribution >= 0.6 is 0 Å². The fourth-order valence-corrected chi connectivity index (χ4v) is 3.64. The Kier molecular flexibility index (Phi) is 4.87. The largest absolute Gasteiger partial charge is 0.311 e. The molecule has 2 heteroatoms. The van der Waals surface area contributed by atoms with Gasteiger partial charge in [-0.25, -0.2) is 0 Å². The minimum atomic E-state index is 0.737. The molecule has 1 aliphatic carbocycles. The van der Waals surface area contributed by atoms with E-state index < -0.39 is 0 Å². The second kappa shape index (κ2) is 6.19. The molecule has 1 heterocycles. The Balaban J connectivity index is 1.83. The molecule has 3 unspecified atom stereocenters. The van der Waals surface area contributed by atoms with Gasteiger partial charge < -0.3 is 5.32 Å². The Morgan fingerprint density at radius 2 is 2.12 bits per heavy atom. The van der Waals surface area contributed by atoms with Crippen molar-refractivity contribution in [3.63, 3.8) is 0 Å². The third-order valence-corrected chi connectivity index (χ3v) is 4.47. The minimum absolute atomic E-state index is 0.737. The minimum Gasteiger partial charge on any atom is -0.311 e. The molecule has 1 aliphatic heterocycles. The second-order valence-corrected chi connectivity index (χ2v) is 6.70. The monoisotopic (exact) mass is 238 g/mol. The summed E-state index contributed by atoms with van der Waals surface area (Å²) in [5.74, 6) is 1.77. The van der Waals surface area contributed by atoms with Gasteiger partial charge >= 0.3 is 0 Å². The highest BCUT2D eigenvalue weighted by Gasteiger charge is 2.28. The lowest BCUT2D eigenvalue weighted by molar-refractivity contribution is 0.0950. The van der Waals surface area contributed by atoms with Gasteiger partial charge in [-0.3, -0.25) is 4.90 Å². The molecule has 1 saturated heterocycles. The molecule has 3 atom stereocenters. The maximum atomic E-state index is 3.69. The maximum Gasteiger partial charge on any atom is 0.0198 e. The average molecular weight is 238 g/mol. The molecule has 2 nitrogen and oxygen atoms in total. The van der Waals surface area contributed by atoms with E-state index in [0.29, 0.717) is 0 Å². The van der Waals surface area contributed by atoms with Crippen LogP contribution in [0.2, 0.25) is 0 Å². The van der Waals surface area contributed by atoms with Gasteiger partial charge in [-0.1, -0.05) is 33.6 Å². The van der Waals surface area contributed by atoms with Crippen molar-refractivity contribution < 1.29 is 0 Å². The topological polar surface area (TPSA) is 15.3 Å². The zero-order chi connectivity index (χ0) is 12.3. The van der Waals surface area contributed by atoms with Crippen LogP contribution in [-0.2, 0) is 0 Å². The van der Waals surface area contributed by atoms with Crippen molar-refractivity contribution in [2.24, 2.45) is 11.8 Å². The smallest absolute Gasteiger partial charge is 0.0198 e. The number of rotatable bonds is 3. The lowest BCUT2D eigenvalue weighted by Crippen LogP contribution is -2.55. The van der Waals surface area contributed by atoms with Crippen molar-refractivity contribution in [1.29, 1.82) is 0 Å². The summed E-state index contributed by atoms with van der Waals surface area (Å²) in [6.07, 6.45) is 7.12. The van der Waals surface area contributed by atoms with E-state index in [1.807, 2.05) is 0 Å². The summed E-state index contributed by atoms with van der Waals surface area (Å²) in [6.45, 7) is 10.9. The highest BCUT2D eigenvalue weighted by molar-refractivity contribution is 4.86. The first-order valence-electron chi connectivity index (χ1n) is 7.62. The molecule has 2 fully saturated rings. The van der Waals surface area contributed by atoms with E-state index in [-0.39, 0.29) is 0 Å². The van der Waals surface area contributed by atoms with Crippen LogP contribution in [0.5, 0.6) is 0 Å². The first-order valence-corrected chi connectivity index (χ1v) is 7.62. The third kappa shape index (κ3) is 3.96. The van der Waals surface area contributed by atoms with Gasteiger partial charge in [0, 0.05) is 31.7 Å². The molecule has 17 heavy (non-hydrogen) atoms. The highest BCUT2D eigenvalue weighted by Crippen LogP contribution is 2.28. The molecule has 1 saturated carbocycles. The van der Waals surface area contributed by atoms with E-state index >= 15 is 0 Å². The normalized spacial score (nSPS) is 36.4. The number of piperazine rings is 1. The Bertz CT molecular complexity index is 227. The predicted molar refractivity (Wildman–Crippen MR) is 74.2 cm³/mol. The number of hydrogen-bond donors (Lipinski definition) is 1. The summed E-state index contributed by atoms with van der Waals surface area (Å²) in [6, 6.07) is 1.62. The average Bonchev–Trinajstić information content (AvgIpc) is 2.28. The lowest BCUT2D eigenvalue weighted by atomic mass is 9.85. The lowest BCUT2D eigenvalue weighted by Gasteiger charge is -2.42. The van der Waals surface area contributed by atoms with Crippen LogP contribution in [0, 0.1) is 11.8 Å². The summed E-state index contributed by atoms with van der Waals surface area (Å²) in [5.41, 5.74) is 0. The molecule has 0 bridgehead atoms. The zero-order valence-electron chi connectivity index (χ0n) is 11.9.